The van der Waals surface area contributed by atoms with Gasteiger partial charge >= 0.3 is 6.09 Å². The summed E-state index contributed by atoms with van der Waals surface area (Å²) in [5.74, 6) is 1.79. The van der Waals surface area contributed by atoms with Crippen LogP contribution >= 0.6 is 0 Å². The Balaban J connectivity index is 1.64. The number of imidazole rings is 1. The number of aryl methyl sites for hydroxylation is 1. The Morgan fingerprint density at radius 1 is 1.08 bits per heavy atom. The normalized spacial score (nSPS) is 18.0. The summed E-state index contributed by atoms with van der Waals surface area (Å²) in [6.45, 7) is 16.2. The molecule has 206 valence electrons. The van der Waals surface area contributed by atoms with Crippen LogP contribution in [0.5, 0.6) is 0 Å². The molecular weight excluding hydrogens is 456 g/mol. The number of ether oxygens (including phenoxy) is 3. The largest absolute Gasteiger partial charge is 0.444 e. The Labute approximate surface area is 218 Å². The molecule has 1 aromatic heterocycles. The molecule has 0 atom stereocenters. The van der Waals surface area contributed by atoms with Crippen LogP contribution in [0.3, 0.4) is 0 Å². The van der Waals surface area contributed by atoms with E-state index in [1.807, 2.05) is 20.8 Å². The third-order valence-electron chi connectivity index (χ3n) is 7.54. The van der Waals surface area contributed by atoms with Gasteiger partial charge in [0.2, 0.25) is 0 Å². The number of nitrogens with zero attached hydrogens (tertiary/aromatic N) is 4. The predicted octanol–water partition coefficient (Wildman–Crippen LogP) is 4.85. The van der Waals surface area contributed by atoms with Crippen molar-refractivity contribution in [2.45, 2.75) is 97.8 Å². The van der Waals surface area contributed by atoms with E-state index in [1.165, 1.54) is 23.6 Å². The van der Waals surface area contributed by atoms with Gasteiger partial charge in [-0.05, 0) is 73.8 Å². The molecule has 2 aliphatic rings. The minimum Gasteiger partial charge on any atom is -0.444 e. The van der Waals surface area contributed by atoms with Crippen molar-refractivity contribution in [1.29, 1.82) is 0 Å². The highest BCUT2D eigenvalue weighted by Crippen LogP contribution is 2.45. The van der Waals surface area contributed by atoms with E-state index in [2.05, 4.69) is 30.4 Å². The zero-order chi connectivity index (χ0) is 26.3. The summed E-state index contributed by atoms with van der Waals surface area (Å²) >= 11 is 0. The van der Waals surface area contributed by atoms with Gasteiger partial charge in [0.05, 0.1) is 18.9 Å². The third kappa shape index (κ3) is 7.68. The molecule has 36 heavy (non-hydrogen) atoms. The molecular formula is C28H50N4O4. The molecule has 1 fully saturated rings. The van der Waals surface area contributed by atoms with Crippen molar-refractivity contribution in [2.75, 3.05) is 53.6 Å². The quantitative estimate of drug-likeness (QED) is 0.404. The smallest absolute Gasteiger partial charge is 0.410 e. The zero-order valence-corrected chi connectivity index (χ0v) is 23.9. The van der Waals surface area contributed by atoms with E-state index >= 15 is 0 Å². The van der Waals surface area contributed by atoms with Crippen molar-refractivity contribution in [3.8, 4) is 0 Å². The predicted molar refractivity (Wildman–Crippen MR) is 142 cm³/mol. The topological polar surface area (TPSA) is 69.1 Å². The lowest BCUT2D eigenvalue weighted by Gasteiger charge is -2.40. The Morgan fingerprint density at radius 3 is 2.31 bits per heavy atom. The fourth-order valence-electron chi connectivity index (χ4n) is 5.53. The fraction of sp³-hybridized carbons (Fsp3) is 0.857. The van der Waals surface area contributed by atoms with Crippen LogP contribution in [0, 0.1) is 5.41 Å². The number of likely N-dealkylation sites (N-methyl/N-ethyl adjacent to an activating group) is 2. The van der Waals surface area contributed by atoms with Gasteiger partial charge in [-0.15, -0.1) is 0 Å². The van der Waals surface area contributed by atoms with Gasteiger partial charge in [0, 0.05) is 69.9 Å². The van der Waals surface area contributed by atoms with Gasteiger partial charge in [-0.25, -0.2) is 9.78 Å². The number of fused-ring (bicyclic) bond motifs is 1. The number of aromatic nitrogens is 2. The minimum absolute atomic E-state index is 0.138. The van der Waals surface area contributed by atoms with Gasteiger partial charge in [0.1, 0.15) is 11.4 Å². The first-order valence-corrected chi connectivity index (χ1v) is 13.9. The van der Waals surface area contributed by atoms with Crippen molar-refractivity contribution in [2.24, 2.45) is 5.41 Å². The standard InChI is InChI=1S/C28H50N4O4/c1-8-34-20-28(21-35-9-2)14-12-22(13-15-28)25-23(29-24-11-10-16-32(24)25)19-30(6)17-18-31(7)26(33)36-27(3,4)5/h22H,8-21H2,1-7H3. The molecule has 2 heterocycles. The number of carbonyl (C=O) groups is 1. The maximum Gasteiger partial charge on any atom is 0.410 e. The molecule has 1 aromatic rings. The average molecular weight is 507 g/mol. The van der Waals surface area contributed by atoms with Gasteiger partial charge < -0.3 is 23.7 Å². The molecule has 0 aromatic carbocycles. The molecule has 1 aliphatic carbocycles. The van der Waals surface area contributed by atoms with Gasteiger partial charge in [-0.1, -0.05) is 0 Å². The fourth-order valence-corrected chi connectivity index (χ4v) is 5.53. The second kappa shape index (κ2) is 12.7. The molecule has 0 unspecified atom stereocenters. The zero-order valence-electron chi connectivity index (χ0n) is 23.9. The van der Waals surface area contributed by atoms with Crippen molar-refractivity contribution in [3.05, 3.63) is 17.2 Å². The van der Waals surface area contributed by atoms with Gasteiger partial charge in [0.25, 0.3) is 0 Å². The van der Waals surface area contributed by atoms with E-state index < -0.39 is 5.60 Å². The monoisotopic (exact) mass is 506 g/mol. The highest BCUT2D eigenvalue weighted by atomic mass is 16.6. The maximum atomic E-state index is 12.3. The molecule has 8 heteroatoms. The third-order valence-corrected chi connectivity index (χ3v) is 7.54. The Hall–Kier alpha value is -1.64. The van der Waals surface area contributed by atoms with E-state index in [0.717, 1.165) is 78.2 Å². The molecule has 1 aliphatic heterocycles. The summed E-state index contributed by atoms with van der Waals surface area (Å²) in [6.07, 6.45) is 6.57. The van der Waals surface area contributed by atoms with Gasteiger partial charge in [-0.3, -0.25) is 4.90 Å². The molecule has 1 amide bonds. The summed E-state index contributed by atoms with van der Waals surface area (Å²) in [4.78, 5) is 21.4. The van der Waals surface area contributed by atoms with Gasteiger partial charge in [-0.2, -0.15) is 0 Å². The number of hydrogen-bond donors (Lipinski definition) is 0. The molecule has 3 rings (SSSR count). The van der Waals surface area contributed by atoms with Gasteiger partial charge in [0.15, 0.2) is 0 Å². The summed E-state index contributed by atoms with van der Waals surface area (Å²) < 4.78 is 19.8. The number of rotatable bonds is 12. The SMILES string of the molecule is CCOCC1(COCC)CCC(c2c(CN(C)CCN(C)C(=O)OC(C)(C)C)nc3n2CCC3)CC1. The van der Waals surface area contributed by atoms with E-state index in [-0.39, 0.29) is 11.5 Å². The highest BCUT2D eigenvalue weighted by Gasteiger charge is 2.39. The molecule has 8 nitrogen and oxygen atoms in total. The van der Waals surface area contributed by atoms with Crippen LogP contribution in [0.1, 0.15) is 89.9 Å². The number of hydrogen-bond acceptors (Lipinski definition) is 6. The van der Waals surface area contributed by atoms with E-state index in [9.17, 15) is 4.79 Å². The number of carbonyl (C=O) groups excluding carboxylic acids is 1. The molecule has 0 bridgehead atoms. The van der Waals surface area contributed by atoms with Crippen LogP contribution in [0.4, 0.5) is 4.79 Å². The van der Waals surface area contributed by atoms with Crippen molar-refractivity contribution in [3.63, 3.8) is 0 Å². The maximum absolute atomic E-state index is 12.3. The van der Waals surface area contributed by atoms with Crippen LogP contribution in [-0.4, -0.2) is 84.7 Å². The molecule has 1 saturated carbocycles. The van der Waals surface area contributed by atoms with Crippen LogP contribution in [0.25, 0.3) is 0 Å². The summed E-state index contributed by atoms with van der Waals surface area (Å²) in [5, 5.41) is 0. The summed E-state index contributed by atoms with van der Waals surface area (Å²) in [7, 11) is 3.92. The van der Waals surface area contributed by atoms with Crippen LogP contribution in [-0.2, 0) is 33.7 Å². The Morgan fingerprint density at radius 2 is 1.72 bits per heavy atom. The molecule has 0 spiro atoms. The summed E-state index contributed by atoms with van der Waals surface area (Å²) in [6, 6.07) is 0. The molecule has 0 N–H and O–H groups in total. The first-order chi connectivity index (χ1) is 17.1. The van der Waals surface area contributed by atoms with Crippen LogP contribution < -0.4 is 0 Å². The van der Waals surface area contributed by atoms with E-state index in [4.69, 9.17) is 19.2 Å². The van der Waals surface area contributed by atoms with Crippen LogP contribution in [0.2, 0.25) is 0 Å². The van der Waals surface area contributed by atoms with E-state index in [0.29, 0.717) is 12.5 Å². The van der Waals surface area contributed by atoms with Crippen LogP contribution in [0.15, 0.2) is 0 Å². The number of amides is 1. The van der Waals surface area contributed by atoms with Crippen molar-refractivity contribution in [1.82, 2.24) is 19.4 Å². The lowest BCUT2D eigenvalue weighted by Crippen LogP contribution is -2.38. The minimum atomic E-state index is -0.480. The molecule has 0 saturated heterocycles. The summed E-state index contributed by atoms with van der Waals surface area (Å²) in [5.41, 5.74) is 2.33. The highest BCUT2D eigenvalue weighted by molar-refractivity contribution is 5.67. The Kier molecular flexibility index (Phi) is 10.2. The lowest BCUT2D eigenvalue weighted by atomic mass is 9.70. The first kappa shape index (κ1) is 28.9. The second-order valence-electron chi connectivity index (χ2n) is 11.8. The average Bonchev–Trinajstić information content (AvgIpc) is 3.40. The van der Waals surface area contributed by atoms with Crippen molar-refractivity contribution >= 4 is 6.09 Å². The molecule has 0 radical (unpaired) electrons. The second-order valence-corrected chi connectivity index (χ2v) is 11.8. The Bertz CT molecular complexity index is 829. The lowest BCUT2D eigenvalue weighted by molar-refractivity contribution is -0.0398. The first-order valence-electron chi connectivity index (χ1n) is 13.9. The van der Waals surface area contributed by atoms with Crippen molar-refractivity contribution < 1.29 is 19.0 Å². The van der Waals surface area contributed by atoms with E-state index in [1.54, 1.807) is 11.9 Å².